The van der Waals surface area contributed by atoms with Gasteiger partial charge in [-0.2, -0.15) is 0 Å². The van der Waals surface area contributed by atoms with E-state index >= 15 is 0 Å². The fourth-order valence-electron chi connectivity index (χ4n) is 4.40. The summed E-state index contributed by atoms with van der Waals surface area (Å²) in [6.07, 6.45) is 13.6. The van der Waals surface area contributed by atoms with Gasteiger partial charge in [-0.15, -0.1) is 11.3 Å². The third-order valence-electron chi connectivity index (χ3n) is 6.50. The number of carbonyl (C=O) groups is 2. The fraction of sp³-hybridized carbons (Fsp3) is 0.581. The van der Waals surface area contributed by atoms with Gasteiger partial charge in [0.1, 0.15) is 6.10 Å². The number of ether oxygens (including phenoxy) is 2. The van der Waals surface area contributed by atoms with Crippen LogP contribution in [0.2, 0.25) is 0 Å². The molecule has 5 atom stereocenters. The first-order valence-corrected chi connectivity index (χ1v) is 14.7. The van der Waals surface area contributed by atoms with Crippen LogP contribution < -0.4 is 5.73 Å². The number of allylic oxidation sites excluding steroid dienone is 5. The average Bonchev–Trinajstić information content (AvgIpc) is 3.29. The summed E-state index contributed by atoms with van der Waals surface area (Å²) in [5.74, 6) is -0.310. The highest BCUT2D eigenvalue weighted by molar-refractivity contribution is 7.09. The molecule has 1 aromatic heterocycles. The molecule has 0 aliphatic carbocycles. The van der Waals surface area contributed by atoms with Crippen molar-refractivity contribution >= 4 is 23.3 Å². The van der Waals surface area contributed by atoms with Gasteiger partial charge in [-0.05, 0) is 66.1 Å². The highest BCUT2D eigenvalue weighted by Crippen LogP contribution is 2.25. The van der Waals surface area contributed by atoms with E-state index in [1.807, 2.05) is 51.6 Å². The molecule has 0 aromatic carbocycles. The van der Waals surface area contributed by atoms with E-state index in [0.717, 1.165) is 22.8 Å². The molecule has 7 nitrogen and oxygen atoms in total. The molecule has 1 aliphatic rings. The lowest BCUT2D eigenvalue weighted by molar-refractivity contribution is -0.149. The molecule has 2 heterocycles. The van der Waals surface area contributed by atoms with Crippen molar-refractivity contribution in [2.24, 2.45) is 11.7 Å². The SMILES string of the molecule is CC(C=CC(C)=CC1Cc2nc(cs2)C(C)CC(N)CC(=O)OC(C)CC(C)CC=CC(=O)O1)=CCN(C)C. The predicted octanol–water partition coefficient (Wildman–Crippen LogP) is 5.74. The molecule has 0 saturated carbocycles. The molecule has 216 valence electrons. The van der Waals surface area contributed by atoms with Gasteiger partial charge < -0.3 is 20.1 Å². The molecule has 2 rings (SSSR count). The maximum Gasteiger partial charge on any atom is 0.331 e. The van der Waals surface area contributed by atoms with Crippen LogP contribution in [-0.2, 0) is 25.5 Å². The molecular weight excluding hydrogens is 510 g/mol. The third-order valence-corrected chi connectivity index (χ3v) is 7.39. The van der Waals surface area contributed by atoms with Crippen molar-refractivity contribution in [1.82, 2.24) is 9.88 Å². The molecule has 0 fully saturated rings. The van der Waals surface area contributed by atoms with E-state index < -0.39 is 6.10 Å². The first-order chi connectivity index (χ1) is 18.4. The monoisotopic (exact) mass is 557 g/mol. The lowest BCUT2D eigenvalue weighted by Crippen LogP contribution is -2.28. The smallest absolute Gasteiger partial charge is 0.331 e. The van der Waals surface area contributed by atoms with Crippen LogP contribution in [0.3, 0.4) is 0 Å². The second-order valence-corrected chi connectivity index (χ2v) is 12.1. The average molecular weight is 558 g/mol. The number of nitrogens with two attached hydrogens (primary N) is 1. The van der Waals surface area contributed by atoms with Crippen LogP contribution in [0.25, 0.3) is 0 Å². The number of hydrogen-bond acceptors (Lipinski definition) is 8. The van der Waals surface area contributed by atoms with Gasteiger partial charge in [0.15, 0.2) is 0 Å². The number of thiazole rings is 1. The number of nitrogens with zero attached hydrogens (tertiary/aromatic N) is 2. The Morgan fingerprint density at radius 3 is 2.54 bits per heavy atom. The Balaban J connectivity index is 2.26. The molecular formula is C31H47N3O4S. The van der Waals surface area contributed by atoms with Crippen molar-refractivity contribution in [2.75, 3.05) is 20.6 Å². The van der Waals surface area contributed by atoms with Gasteiger partial charge in [-0.25, -0.2) is 9.78 Å². The van der Waals surface area contributed by atoms with Crippen molar-refractivity contribution in [3.8, 4) is 0 Å². The quantitative estimate of drug-likeness (QED) is 0.365. The molecule has 39 heavy (non-hydrogen) atoms. The largest absolute Gasteiger partial charge is 0.463 e. The van der Waals surface area contributed by atoms with Gasteiger partial charge in [-0.3, -0.25) is 4.79 Å². The second-order valence-electron chi connectivity index (χ2n) is 11.2. The van der Waals surface area contributed by atoms with Crippen LogP contribution in [0.4, 0.5) is 0 Å². The highest BCUT2D eigenvalue weighted by Gasteiger charge is 2.21. The summed E-state index contributed by atoms with van der Waals surface area (Å²) in [6, 6.07) is -0.298. The number of carbonyl (C=O) groups excluding carboxylic acids is 2. The zero-order valence-electron chi connectivity index (χ0n) is 24.7. The first kappa shape index (κ1) is 32.7. The van der Waals surface area contributed by atoms with Crippen LogP contribution in [-0.4, -0.2) is 60.7 Å². The van der Waals surface area contributed by atoms with Crippen molar-refractivity contribution < 1.29 is 19.1 Å². The summed E-state index contributed by atoms with van der Waals surface area (Å²) in [4.78, 5) is 32.0. The topological polar surface area (TPSA) is 94.8 Å². The minimum atomic E-state index is -0.444. The normalized spacial score (nSPS) is 27.2. The lowest BCUT2D eigenvalue weighted by atomic mass is 9.97. The van der Waals surface area contributed by atoms with Crippen LogP contribution in [0.5, 0.6) is 0 Å². The maximum absolute atomic E-state index is 12.7. The Bertz CT molecular complexity index is 1060. The Morgan fingerprint density at radius 1 is 1.10 bits per heavy atom. The van der Waals surface area contributed by atoms with Gasteiger partial charge in [0, 0.05) is 36.4 Å². The summed E-state index contributed by atoms with van der Waals surface area (Å²) >= 11 is 1.55. The first-order valence-electron chi connectivity index (χ1n) is 13.9. The van der Waals surface area contributed by atoms with Gasteiger partial charge in [0.2, 0.25) is 0 Å². The van der Waals surface area contributed by atoms with E-state index in [-0.39, 0.29) is 42.3 Å². The fourth-order valence-corrected chi connectivity index (χ4v) is 5.36. The Morgan fingerprint density at radius 2 is 1.82 bits per heavy atom. The molecule has 0 radical (unpaired) electrons. The van der Waals surface area contributed by atoms with E-state index in [2.05, 4.69) is 37.8 Å². The van der Waals surface area contributed by atoms with Gasteiger partial charge in [0.25, 0.3) is 0 Å². The van der Waals surface area contributed by atoms with Crippen LogP contribution in [0.1, 0.15) is 76.9 Å². The molecule has 8 heteroatoms. The number of rotatable bonds is 5. The summed E-state index contributed by atoms with van der Waals surface area (Å²) in [7, 11) is 4.08. The molecule has 0 spiro atoms. The molecule has 2 bridgehead atoms. The van der Waals surface area contributed by atoms with E-state index in [0.29, 0.717) is 25.7 Å². The van der Waals surface area contributed by atoms with Crippen LogP contribution in [0, 0.1) is 5.92 Å². The molecule has 0 amide bonds. The van der Waals surface area contributed by atoms with Crippen LogP contribution >= 0.6 is 11.3 Å². The van der Waals surface area contributed by atoms with Crippen LogP contribution in [0.15, 0.2) is 53.0 Å². The summed E-state index contributed by atoms with van der Waals surface area (Å²) in [6.45, 7) is 11.0. The van der Waals surface area contributed by atoms with E-state index in [1.165, 1.54) is 11.6 Å². The number of cyclic esters (lactones) is 2. The van der Waals surface area contributed by atoms with Gasteiger partial charge in [-0.1, -0.05) is 49.3 Å². The number of aromatic nitrogens is 1. The Hall–Kier alpha value is -2.55. The third kappa shape index (κ3) is 13.4. The summed E-state index contributed by atoms with van der Waals surface area (Å²) < 4.78 is 11.5. The molecule has 1 aliphatic heterocycles. The van der Waals surface area contributed by atoms with E-state index in [1.54, 1.807) is 11.3 Å². The molecule has 2 N–H and O–H groups in total. The standard InChI is InChI=1S/C31H47N3O4S/c1-21(13-14-34(6)7)11-12-23(3)16-27-19-29-33-28(20-39-29)24(4)17-26(32)18-31(36)37-25(5)15-22(2)9-8-10-30(35)38-27/h8,10-13,16,20,22,24-27H,9,14-15,17-19,32H2,1-7H3. The maximum atomic E-state index is 12.7. The van der Waals surface area contributed by atoms with Crippen molar-refractivity contribution in [1.29, 1.82) is 0 Å². The van der Waals surface area contributed by atoms with E-state index in [9.17, 15) is 9.59 Å². The number of esters is 2. The lowest BCUT2D eigenvalue weighted by Gasteiger charge is -2.19. The Labute approximate surface area is 238 Å². The summed E-state index contributed by atoms with van der Waals surface area (Å²) in [5.41, 5.74) is 9.41. The van der Waals surface area contributed by atoms with Crippen molar-refractivity contribution in [2.45, 2.75) is 90.9 Å². The minimum absolute atomic E-state index is 0.0957. The zero-order chi connectivity index (χ0) is 28.9. The second kappa shape index (κ2) is 16.5. The molecule has 1 aromatic rings. The number of likely N-dealkylation sites (N-methyl/N-ethyl adjacent to an activating group) is 1. The Kier molecular flexibility index (Phi) is 13.8. The van der Waals surface area contributed by atoms with Crippen molar-refractivity contribution in [3.63, 3.8) is 0 Å². The predicted molar refractivity (Wildman–Crippen MR) is 160 cm³/mol. The zero-order valence-corrected chi connectivity index (χ0v) is 25.5. The van der Waals surface area contributed by atoms with Gasteiger partial charge in [0.05, 0.1) is 23.2 Å². The minimum Gasteiger partial charge on any atom is -0.463 e. The summed E-state index contributed by atoms with van der Waals surface area (Å²) in [5, 5.41) is 2.92. The molecule has 0 saturated heterocycles. The van der Waals surface area contributed by atoms with Gasteiger partial charge >= 0.3 is 11.9 Å². The number of hydrogen-bond donors (Lipinski definition) is 1. The van der Waals surface area contributed by atoms with Crippen molar-refractivity contribution in [3.05, 3.63) is 63.7 Å². The number of fused-ring (bicyclic) bond motifs is 2. The van der Waals surface area contributed by atoms with E-state index in [4.69, 9.17) is 20.2 Å². The molecule has 5 unspecified atom stereocenters. The highest BCUT2D eigenvalue weighted by atomic mass is 32.1.